The van der Waals surface area contributed by atoms with Crippen LogP contribution in [0.5, 0.6) is 5.75 Å². The van der Waals surface area contributed by atoms with Crippen LogP contribution in [-0.4, -0.2) is 43.9 Å². The maximum absolute atomic E-state index is 11.4. The van der Waals surface area contributed by atoms with E-state index in [2.05, 4.69) is 4.90 Å². The molecule has 0 aliphatic carbocycles. The van der Waals surface area contributed by atoms with Crippen LogP contribution in [0.2, 0.25) is 0 Å². The van der Waals surface area contributed by atoms with Gasteiger partial charge in [-0.1, -0.05) is 42.5 Å². The zero-order valence-corrected chi connectivity index (χ0v) is 15.0. The smallest absolute Gasteiger partial charge is 0.120 e. The summed E-state index contributed by atoms with van der Waals surface area (Å²) in [6.45, 7) is 2.46. The van der Waals surface area contributed by atoms with Gasteiger partial charge in [-0.2, -0.15) is 0 Å². The molecule has 2 aromatic rings. The maximum atomic E-state index is 11.4. The molecule has 25 heavy (non-hydrogen) atoms. The third-order valence-electron chi connectivity index (χ3n) is 4.79. The number of benzene rings is 2. The van der Waals surface area contributed by atoms with Gasteiger partial charge in [0.15, 0.2) is 0 Å². The van der Waals surface area contributed by atoms with Gasteiger partial charge in [-0.25, -0.2) is 0 Å². The molecule has 1 aliphatic rings. The average Bonchev–Trinajstić information content (AvgIpc) is 2.63. The third-order valence-corrected chi connectivity index (χ3v) is 4.79. The molecule has 0 bridgehead atoms. The van der Waals surface area contributed by atoms with Gasteiger partial charge in [-0.05, 0) is 37.4 Å². The molecule has 0 spiro atoms. The summed E-state index contributed by atoms with van der Waals surface area (Å²) in [6, 6.07) is 17.9. The zero-order valence-electron chi connectivity index (χ0n) is 15.0. The molecule has 1 fully saturated rings. The Balaban J connectivity index is 1.76. The highest BCUT2D eigenvalue weighted by molar-refractivity contribution is 5.33. The molecule has 0 aromatic heterocycles. The minimum atomic E-state index is -0.880. The summed E-state index contributed by atoms with van der Waals surface area (Å²) < 4.78 is 11.5. The highest BCUT2D eigenvalue weighted by Crippen LogP contribution is 2.38. The lowest BCUT2D eigenvalue weighted by Crippen LogP contribution is -2.47. The summed E-state index contributed by atoms with van der Waals surface area (Å²) in [7, 11) is 4.04. The Morgan fingerprint density at radius 2 is 1.96 bits per heavy atom. The number of hydrogen-bond donors (Lipinski definition) is 1. The van der Waals surface area contributed by atoms with E-state index < -0.39 is 5.60 Å². The Bertz CT molecular complexity index is 674. The minimum absolute atomic E-state index is 0.0422. The monoisotopic (exact) mass is 341 g/mol. The van der Waals surface area contributed by atoms with Crippen molar-refractivity contribution in [2.24, 2.45) is 5.92 Å². The van der Waals surface area contributed by atoms with Crippen molar-refractivity contribution in [3.05, 3.63) is 65.7 Å². The average molecular weight is 341 g/mol. The molecule has 0 radical (unpaired) electrons. The van der Waals surface area contributed by atoms with Crippen LogP contribution in [-0.2, 0) is 16.9 Å². The predicted octanol–water partition coefficient (Wildman–Crippen LogP) is 3.05. The number of nitrogens with zero attached hydrogens (tertiary/aromatic N) is 1. The molecule has 3 rings (SSSR count). The molecule has 4 nitrogen and oxygen atoms in total. The van der Waals surface area contributed by atoms with Crippen molar-refractivity contribution in [3.63, 3.8) is 0 Å². The largest absolute Gasteiger partial charge is 0.489 e. The second-order valence-corrected chi connectivity index (χ2v) is 7.01. The number of hydrogen-bond acceptors (Lipinski definition) is 4. The first-order valence-electron chi connectivity index (χ1n) is 8.80. The Labute approximate surface area is 150 Å². The van der Waals surface area contributed by atoms with E-state index >= 15 is 0 Å². The molecule has 1 aliphatic heterocycles. The van der Waals surface area contributed by atoms with Crippen LogP contribution in [0.3, 0.4) is 0 Å². The van der Waals surface area contributed by atoms with Gasteiger partial charge < -0.3 is 19.5 Å². The molecule has 2 aromatic carbocycles. The van der Waals surface area contributed by atoms with Crippen LogP contribution in [0, 0.1) is 5.92 Å². The van der Waals surface area contributed by atoms with E-state index in [4.69, 9.17) is 9.47 Å². The lowest BCUT2D eigenvalue weighted by atomic mass is 9.77. The first kappa shape index (κ1) is 17.9. The Kier molecular flexibility index (Phi) is 5.74. The quantitative estimate of drug-likeness (QED) is 0.877. The molecule has 2 atom stereocenters. The molecule has 0 saturated carbocycles. The fourth-order valence-corrected chi connectivity index (χ4v) is 3.42. The van der Waals surface area contributed by atoms with Gasteiger partial charge in [-0.3, -0.25) is 0 Å². The highest BCUT2D eigenvalue weighted by atomic mass is 16.5. The molecule has 0 amide bonds. The van der Waals surface area contributed by atoms with Gasteiger partial charge in [0.05, 0.1) is 12.2 Å². The first-order valence-corrected chi connectivity index (χ1v) is 8.80. The van der Waals surface area contributed by atoms with Crippen molar-refractivity contribution < 1.29 is 14.6 Å². The van der Waals surface area contributed by atoms with Crippen molar-refractivity contribution in [1.29, 1.82) is 0 Å². The van der Waals surface area contributed by atoms with Crippen LogP contribution < -0.4 is 4.74 Å². The molecule has 1 saturated heterocycles. The summed E-state index contributed by atoms with van der Waals surface area (Å²) >= 11 is 0. The van der Waals surface area contributed by atoms with Gasteiger partial charge in [-0.15, -0.1) is 0 Å². The maximum Gasteiger partial charge on any atom is 0.120 e. The van der Waals surface area contributed by atoms with Crippen LogP contribution >= 0.6 is 0 Å². The zero-order chi connectivity index (χ0) is 17.7. The summed E-state index contributed by atoms with van der Waals surface area (Å²) in [5.41, 5.74) is 1.16. The lowest BCUT2D eigenvalue weighted by Gasteiger charge is -2.41. The van der Waals surface area contributed by atoms with Gasteiger partial charge in [0, 0.05) is 25.5 Å². The fourth-order valence-electron chi connectivity index (χ4n) is 3.42. The first-order chi connectivity index (χ1) is 12.1. The van der Waals surface area contributed by atoms with E-state index in [0.29, 0.717) is 26.2 Å². The van der Waals surface area contributed by atoms with Crippen LogP contribution in [0.4, 0.5) is 0 Å². The van der Waals surface area contributed by atoms with Crippen molar-refractivity contribution >= 4 is 0 Å². The standard InChI is InChI=1S/C21H27NO3/c1-22(2)14-19-16-24-12-11-21(19,23)18-9-6-10-20(13-18)25-15-17-7-4-3-5-8-17/h3-10,13,19,23H,11-12,14-16H2,1-2H3. The van der Waals surface area contributed by atoms with E-state index in [1.165, 1.54) is 0 Å². The van der Waals surface area contributed by atoms with Crippen molar-refractivity contribution in [2.75, 3.05) is 33.9 Å². The van der Waals surface area contributed by atoms with E-state index in [1.54, 1.807) is 0 Å². The van der Waals surface area contributed by atoms with Gasteiger partial charge in [0.25, 0.3) is 0 Å². The second kappa shape index (κ2) is 8.00. The summed E-state index contributed by atoms with van der Waals surface area (Å²) in [5, 5.41) is 11.4. The van der Waals surface area contributed by atoms with Crippen molar-refractivity contribution in [1.82, 2.24) is 4.90 Å². The number of aliphatic hydroxyl groups is 1. The van der Waals surface area contributed by atoms with Crippen molar-refractivity contribution in [2.45, 2.75) is 18.6 Å². The highest BCUT2D eigenvalue weighted by Gasteiger charge is 2.41. The van der Waals surface area contributed by atoms with Gasteiger partial charge in [0.1, 0.15) is 12.4 Å². The molecule has 134 valence electrons. The van der Waals surface area contributed by atoms with Crippen LogP contribution in [0.15, 0.2) is 54.6 Å². The number of ether oxygens (including phenoxy) is 2. The fraction of sp³-hybridized carbons (Fsp3) is 0.429. The SMILES string of the molecule is CN(C)CC1COCCC1(O)c1cccc(OCc2ccccc2)c1. The number of rotatable bonds is 6. The van der Waals surface area contributed by atoms with Gasteiger partial charge >= 0.3 is 0 Å². The van der Waals surface area contributed by atoms with Crippen LogP contribution in [0.1, 0.15) is 17.5 Å². The molecular weight excluding hydrogens is 314 g/mol. The summed E-state index contributed by atoms with van der Waals surface area (Å²) in [6.07, 6.45) is 0.605. The lowest BCUT2D eigenvalue weighted by molar-refractivity contribution is -0.123. The third kappa shape index (κ3) is 4.40. The summed E-state index contributed by atoms with van der Waals surface area (Å²) in [4.78, 5) is 2.10. The minimum Gasteiger partial charge on any atom is -0.489 e. The van der Waals surface area contributed by atoms with E-state index in [0.717, 1.165) is 23.4 Å². The second-order valence-electron chi connectivity index (χ2n) is 7.01. The Morgan fingerprint density at radius 1 is 1.16 bits per heavy atom. The van der Waals surface area contributed by atoms with Crippen molar-refractivity contribution in [3.8, 4) is 5.75 Å². The Hall–Kier alpha value is -1.88. The normalized spacial score (nSPS) is 23.6. The van der Waals surface area contributed by atoms with E-state index in [-0.39, 0.29) is 5.92 Å². The van der Waals surface area contributed by atoms with Gasteiger partial charge in [0.2, 0.25) is 0 Å². The summed E-state index contributed by atoms with van der Waals surface area (Å²) in [5.74, 6) is 0.825. The molecule has 1 N–H and O–H groups in total. The molecule has 1 heterocycles. The van der Waals surface area contributed by atoms with Crippen LogP contribution in [0.25, 0.3) is 0 Å². The topological polar surface area (TPSA) is 41.9 Å². The Morgan fingerprint density at radius 3 is 2.72 bits per heavy atom. The predicted molar refractivity (Wildman–Crippen MR) is 98.6 cm³/mol. The van der Waals surface area contributed by atoms with E-state index in [9.17, 15) is 5.11 Å². The molecular formula is C21H27NO3. The molecule has 2 unspecified atom stereocenters. The molecule has 4 heteroatoms. The van der Waals surface area contributed by atoms with E-state index in [1.807, 2.05) is 68.7 Å².